The molecule has 3 nitrogen and oxygen atoms in total. The molecule has 0 radical (unpaired) electrons. The predicted molar refractivity (Wildman–Crippen MR) is 76.3 cm³/mol. The average Bonchev–Trinajstić information content (AvgIpc) is 2.39. The van der Waals surface area contributed by atoms with Crippen LogP contribution in [0.15, 0.2) is 24.3 Å². The smallest absolute Gasteiger partial charge is 0.306 e. The van der Waals surface area contributed by atoms with Gasteiger partial charge in [0.1, 0.15) is 12.2 Å². The van der Waals surface area contributed by atoms with Gasteiger partial charge in [-0.2, -0.15) is 0 Å². The second kappa shape index (κ2) is 8.18. The van der Waals surface area contributed by atoms with Gasteiger partial charge in [0.2, 0.25) is 0 Å². The van der Waals surface area contributed by atoms with E-state index in [4.69, 9.17) is 21.1 Å². The molecule has 0 aliphatic rings. The molecule has 106 valence electrons. The van der Waals surface area contributed by atoms with E-state index in [1.54, 1.807) is 13.2 Å². The normalized spacial score (nSPS) is 13.9. The van der Waals surface area contributed by atoms with Crippen LogP contribution in [0.4, 0.5) is 0 Å². The minimum absolute atomic E-state index is 0.191. The van der Waals surface area contributed by atoms with Crippen molar-refractivity contribution in [3.8, 4) is 0 Å². The first-order valence-electron chi connectivity index (χ1n) is 6.56. The Hall–Kier alpha value is -1.06. The summed E-state index contributed by atoms with van der Waals surface area (Å²) in [7, 11) is 1.59. The van der Waals surface area contributed by atoms with Gasteiger partial charge in [0, 0.05) is 24.1 Å². The number of hydrogen-bond donors (Lipinski definition) is 0. The first-order chi connectivity index (χ1) is 9.10. The van der Waals surface area contributed by atoms with E-state index in [9.17, 15) is 4.79 Å². The summed E-state index contributed by atoms with van der Waals surface area (Å²) in [5, 5.41) is 0.616. The third-order valence-electron chi connectivity index (χ3n) is 2.94. The number of halogens is 1. The molecule has 4 heteroatoms. The lowest BCUT2D eigenvalue weighted by Gasteiger charge is -2.24. The Morgan fingerprint density at radius 1 is 1.37 bits per heavy atom. The number of benzene rings is 1. The van der Waals surface area contributed by atoms with Gasteiger partial charge in [0.05, 0.1) is 0 Å². The van der Waals surface area contributed by atoms with Crippen LogP contribution in [0.5, 0.6) is 0 Å². The summed E-state index contributed by atoms with van der Waals surface area (Å²) in [6, 6.07) is 7.43. The molecule has 0 saturated heterocycles. The lowest BCUT2D eigenvalue weighted by Crippen LogP contribution is -2.24. The third-order valence-corrected chi connectivity index (χ3v) is 3.29. The van der Waals surface area contributed by atoms with Gasteiger partial charge in [-0.1, -0.05) is 43.1 Å². The summed E-state index contributed by atoms with van der Waals surface area (Å²) in [5.74, 6) is -0.191. The van der Waals surface area contributed by atoms with E-state index in [1.807, 2.05) is 32.0 Å². The Morgan fingerprint density at radius 3 is 2.63 bits per heavy atom. The summed E-state index contributed by atoms with van der Waals surface area (Å²) in [5.41, 5.74) is 0.836. The van der Waals surface area contributed by atoms with Gasteiger partial charge in [-0.15, -0.1) is 0 Å². The van der Waals surface area contributed by atoms with Gasteiger partial charge in [-0.25, -0.2) is 0 Å². The Bertz CT molecular complexity index is 406. The van der Waals surface area contributed by atoms with Crippen LogP contribution in [0.3, 0.4) is 0 Å². The monoisotopic (exact) mass is 284 g/mol. The van der Waals surface area contributed by atoms with Crippen molar-refractivity contribution in [2.45, 2.75) is 45.3 Å². The van der Waals surface area contributed by atoms with Crippen molar-refractivity contribution >= 4 is 17.6 Å². The van der Waals surface area contributed by atoms with E-state index in [0.29, 0.717) is 11.4 Å². The molecule has 2 atom stereocenters. The van der Waals surface area contributed by atoms with Crippen LogP contribution in [-0.4, -0.2) is 19.2 Å². The Balaban J connectivity index is 2.69. The SMILES string of the molecule is CCCCC(=O)O[C@H](C)[C@H](OC)c1ccccc1Cl. The van der Waals surface area contributed by atoms with Crippen LogP contribution < -0.4 is 0 Å². The molecule has 0 aliphatic carbocycles. The van der Waals surface area contributed by atoms with Gasteiger partial charge in [0.25, 0.3) is 0 Å². The molecular weight excluding hydrogens is 264 g/mol. The lowest BCUT2D eigenvalue weighted by atomic mass is 10.1. The molecule has 0 amide bonds. The molecule has 0 unspecified atom stereocenters. The van der Waals surface area contributed by atoms with Crippen LogP contribution in [-0.2, 0) is 14.3 Å². The number of carbonyl (C=O) groups is 1. The van der Waals surface area contributed by atoms with E-state index in [1.165, 1.54) is 0 Å². The maximum absolute atomic E-state index is 11.6. The fraction of sp³-hybridized carbons (Fsp3) is 0.533. The molecule has 1 aromatic carbocycles. The van der Waals surface area contributed by atoms with E-state index >= 15 is 0 Å². The lowest BCUT2D eigenvalue weighted by molar-refractivity contribution is -0.155. The molecule has 0 N–H and O–H groups in total. The third kappa shape index (κ3) is 4.84. The highest BCUT2D eigenvalue weighted by molar-refractivity contribution is 6.31. The van der Waals surface area contributed by atoms with Crippen molar-refractivity contribution in [1.82, 2.24) is 0 Å². The van der Waals surface area contributed by atoms with Crippen molar-refractivity contribution in [1.29, 1.82) is 0 Å². The number of methoxy groups -OCH3 is 1. The Labute approximate surface area is 119 Å². The maximum atomic E-state index is 11.6. The molecule has 0 bridgehead atoms. The van der Waals surface area contributed by atoms with Crippen LogP contribution >= 0.6 is 11.6 Å². The van der Waals surface area contributed by atoms with Crippen molar-refractivity contribution in [3.05, 3.63) is 34.9 Å². The zero-order valence-electron chi connectivity index (χ0n) is 11.7. The zero-order chi connectivity index (χ0) is 14.3. The van der Waals surface area contributed by atoms with E-state index in [0.717, 1.165) is 18.4 Å². The highest BCUT2D eigenvalue weighted by Crippen LogP contribution is 2.29. The molecule has 0 saturated carbocycles. The van der Waals surface area contributed by atoms with Crippen LogP contribution in [0.25, 0.3) is 0 Å². The number of hydrogen-bond acceptors (Lipinski definition) is 3. The van der Waals surface area contributed by atoms with Gasteiger partial charge < -0.3 is 9.47 Å². The molecule has 0 fully saturated rings. The first kappa shape index (κ1) is 16.0. The maximum Gasteiger partial charge on any atom is 0.306 e. The Kier molecular flexibility index (Phi) is 6.89. The number of unbranched alkanes of at least 4 members (excludes halogenated alkanes) is 1. The summed E-state index contributed by atoms with van der Waals surface area (Å²) in [6.45, 7) is 3.86. The standard InChI is InChI=1S/C15H21ClO3/c1-4-5-10-14(17)19-11(2)15(18-3)12-8-6-7-9-13(12)16/h6-9,11,15H,4-5,10H2,1-3H3/t11-,15+/m1/s1. The minimum Gasteiger partial charge on any atom is -0.460 e. The van der Waals surface area contributed by atoms with Crippen molar-refractivity contribution in [2.75, 3.05) is 7.11 Å². The molecule has 19 heavy (non-hydrogen) atoms. The molecule has 1 aromatic rings. The van der Waals surface area contributed by atoms with E-state index in [2.05, 4.69) is 0 Å². The van der Waals surface area contributed by atoms with Crippen LogP contribution in [0.2, 0.25) is 5.02 Å². The molecular formula is C15H21ClO3. The largest absolute Gasteiger partial charge is 0.460 e. The Morgan fingerprint density at radius 2 is 2.05 bits per heavy atom. The fourth-order valence-electron chi connectivity index (χ4n) is 1.93. The average molecular weight is 285 g/mol. The first-order valence-corrected chi connectivity index (χ1v) is 6.94. The van der Waals surface area contributed by atoms with E-state index < -0.39 is 0 Å². The number of carbonyl (C=O) groups excluding carboxylic acids is 1. The molecule has 0 spiro atoms. The van der Waals surface area contributed by atoms with Crippen molar-refractivity contribution in [3.63, 3.8) is 0 Å². The highest BCUT2D eigenvalue weighted by atomic mass is 35.5. The summed E-state index contributed by atoms with van der Waals surface area (Å²) < 4.78 is 10.8. The zero-order valence-corrected chi connectivity index (χ0v) is 12.4. The quantitative estimate of drug-likeness (QED) is 0.706. The van der Waals surface area contributed by atoms with Crippen molar-refractivity contribution in [2.24, 2.45) is 0 Å². The number of esters is 1. The summed E-state index contributed by atoms with van der Waals surface area (Å²) in [6.07, 6.45) is 1.55. The van der Waals surface area contributed by atoms with Gasteiger partial charge in [-0.3, -0.25) is 4.79 Å². The molecule has 0 heterocycles. The minimum atomic E-state index is -0.366. The van der Waals surface area contributed by atoms with E-state index in [-0.39, 0.29) is 18.2 Å². The van der Waals surface area contributed by atoms with Crippen LogP contribution in [0.1, 0.15) is 44.8 Å². The van der Waals surface area contributed by atoms with Gasteiger partial charge in [0.15, 0.2) is 0 Å². The topological polar surface area (TPSA) is 35.5 Å². The molecule has 0 aliphatic heterocycles. The number of rotatable bonds is 7. The molecule has 1 rings (SSSR count). The number of ether oxygens (including phenoxy) is 2. The highest BCUT2D eigenvalue weighted by Gasteiger charge is 2.24. The van der Waals surface area contributed by atoms with Crippen LogP contribution in [0, 0.1) is 0 Å². The van der Waals surface area contributed by atoms with Gasteiger partial charge >= 0.3 is 5.97 Å². The summed E-state index contributed by atoms with van der Waals surface area (Å²) in [4.78, 5) is 11.6. The fourth-order valence-corrected chi connectivity index (χ4v) is 2.17. The van der Waals surface area contributed by atoms with Crippen molar-refractivity contribution < 1.29 is 14.3 Å². The second-order valence-corrected chi connectivity index (χ2v) is 4.88. The van der Waals surface area contributed by atoms with Gasteiger partial charge in [-0.05, 0) is 19.4 Å². The summed E-state index contributed by atoms with van der Waals surface area (Å²) >= 11 is 6.14. The predicted octanol–water partition coefficient (Wildman–Crippen LogP) is 4.15. The molecule has 0 aromatic heterocycles. The second-order valence-electron chi connectivity index (χ2n) is 4.48.